The maximum atomic E-state index is 12.6. The first-order valence-corrected chi connectivity index (χ1v) is 8.25. The zero-order chi connectivity index (χ0) is 16.1. The Morgan fingerprint density at radius 1 is 1.55 bits per heavy atom. The van der Waals surface area contributed by atoms with Gasteiger partial charge < -0.3 is 15.0 Å². The van der Waals surface area contributed by atoms with Crippen LogP contribution in [0.2, 0.25) is 5.02 Å². The van der Waals surface area contributed by atoms with Crippen LogP contribution in [0.3, 0.4) is 0 Å². The fraction of sp³-hybridized carbons (Fsp3) is 0.588. The average molecular weight is 325 g/mol. The van der Waals surface area contributed by atoms with Gasteiger partial charge in [0.25, 0.3) is 5.91 Å². The molecule has 22 heavy (non-hydrogen) atoms. The average Bonchev–Trinajstić information content (AvgIpc) is 2.50. The highest BCUT2D eigenvalue weighted by atomic mass is 35.5. The third kappa shape index (κ3) is 4.37. The number of hydrogen-bond donors (Lipinski definition) is 1. The molecule has 0 aliphatic carbocycles. The van der Waals surface area contributed by atoms with Gasteiger partial charge in [-0.3, -0.25) is 4.79 Å². The van der Waals surface area contributed by atoms with Crippen molar-refractivity contribution in [1.29, 1.82) is 0 Å². The molecule has 2 atom stereocenters. The molecule has 0 aromatic heterocycles. The smallest absolute Gasteiger partial charge is 0.263 e. The second-order valence-corrected chi connectivity index (χ2v) is 6.45. The van der Waals surface area contributed by atoms with Crippen LogP contribution in [-0.2, 0) is 4.79 Å². The third-order valence-electron chi connectivity index (χ3n) is 4.06. The number of amides is 1. The monoisotopic (exact) mass is 324 g/mol. The van der Waals surface area contributed by atoms with Gasteiger partial charge in [0, 0.05) is 13.1 Å². The fourth-order valence-corrected chi connectivity index (χ4v) is 3.08. The standard InChI is InChI=1S/C17H25ClN2O2/c1-12-6-7-15(18)16(9-12)22-13(2)17(21)20-8-4-5-14(11-20)10-19-3/h6-7,9,13-14,19H,4-5,8,10-11H2,1-3H3/t13-,14-/m0/s1. The molecule has 1 aromatic carbocycles. The van der Waals surface area contributed by atoms with E-state index in [1.54, 1.807) is 13.0 Å². The predicted molar refractivity (Wildman–Crippen MR) is 89.5 cm³/mol. The van der Waals surface area contributed by atoms with Crippen LogP contribution in [0, 0.1) is 12.8 Å². The van der Waals surface area contributed by atoms with Crippen molar-refractivity contribution in [2.75, 3.05) is 26.7 Å². The SMILES string of the molecule is CNC[C@@H]1CCCN(C(=O)[C@H](C)Oc2cc(C)ccc2Cl)C1. The number of carbonyl (C=O) groups is 1. The Kier molecular flexibility index (Phi) is 6.09. The van der Waals surface area contributed by atoms with E-state index in [2.05, 4.69) is 5.32 Å². The molecule has 0 unspecified atom stereocenters. The molecule has 1 aromatic rings. The highest BCUT2D eigenvalue weighted by Gasteiger charge is 2.27. The number of likely N-dealkylation sites (tertiary alicyclic amines) is 1. The number of hydrogen-bond acceptors (Lipinski definition) is 3. The van der Waals surface area contributed by atoms with E-state index in [4.69, 9.17) is 16.3 Å². The van der Waals surface area contributed by atoms with E-state index in [0.29, 0.717) is 16.7 Å². The van der Waals surface area contributed by atoms with Crippen LogP contribution in [0.25, 0.3) is 0 Å². The van der Waals surface area contributed by atoms with Crippen LogP contribution in [0.15, 0.2) is 18.2 Å². The number of aryl methyl sites for hydroxylation is 1. The summed E-state index contributed by atoms with van der Waals surface area (Å²) in [6, 6.07) is 5.59. The molecule has 0 saturated carbocycles. The van der Waals surface area contributed by atoms with Gasteiger partial charge >= 0.3 is 0 Å². The molecule has 1 N–H and O–H groups in total. The number of ether oxygens (including phenoxy) is 1. The van der Waals surface area contributed by atoms with E-state index in [0.717, 1.165) is 31.6 Å². The van der Waals surface area contributed by atoms with Gasteiger partial charge in [0.1, 0.15) is 5.75 Å². The molecule has 0 bridgehead atoms. The van der Waals surface area contributed by atoms with Crippen LogP contribution in [-0.4, -0.2) is 43.6 Å². The number of halogens is 1. The molecular weight excluding hydrogens is 300 g/mol. The van der Waals surface area contributed by atoms with Crippen molar-refractivity contribution >= 4 is 17.5 Å². The van der Waals surface area contributed by atoms with Gasteiger partial charge in [-0.1, -0.05) is 17.7 Å². The topological polar surface area (TPSA) is 41.6 Å². The maximum Gasteiger partial charge on any atom is 0.263 e. The van der Waals surface area contributed by atoms with Gasteiger partial charge in [-0.2, -0.15) is 0 Å². The molecule has 4 nitrogen and oxygen atoms in total. The first-order chi connectivity index (χ1) is 10.5. The zero-order valence-electron chi connectivity index (χ0n) is 13.6. The van der Waals surface area contributed by atoms with Crippen molar-refractivity contribution in [2.45, 2.75) is 32.8 Å². The van der Waals surface area contributed by atoms with Gasteiger partial charge in [-0.15, -0.1) is 0 Å². The molecule has 5 heteroatoms. The van der Waals surface area contributed by atoms with E-state index in [1.165, 1.54) is 6.42 Å². The van der Waals surface area contributed by atoms with Crippen molar-refractivity contribution in [3.63, 3.8) is 0 Å². The van der Waals surface area contributed by atoms with Gasteiger partial charge in [0.2, 0.25) is 0 Å². The summed E-state index contributed by atoms with van der Waals surface area (Å²) in [5, 5.41) is 3.73. The second kappa shape index (κ2) is 7.84. The van der Waals surface area contributed by atoms with E-state index in [1.807, 2.05) is 31.0 Å². The lowest BCUT2D eigenvalue weighted by Crippen LogP contribution is -2.47. The third-order valence-corrected chi connectivity index (χ3v) is 4.37. The quantitative estimate of drug-likeness (QED) is 0.905. The molecule has 2 rings (SSSR count). The minimum atomic E-state index is -0.521. The number of rotatable bonds is 5. The highest BCUT2D eigenvalue weighted by Crippen LogP contribution is 2.27. The first-order valence-electron chi connectivity index (χ1n) is 7.87. The van der Waals surface area contributed by atoms with Crippen molar-refractivity contribution in [3.05, 3.63) is 28.8 Å². The summed E-state index contributed by atoms with van der Waals surface area (Å²) in [4.78, 5) is 14.5. The second-order valence-electron chi connectivity index (χ2n) is 6.04. The lowest BCUT2D eigenvalue weighted by atomic mass is 9.97. The molecule has 1 heterocycles. The number of piperidine rings is 1. The molecule has 0 spiro atoms. The zero-order valence-corrected chi connectivity index (χ0v) is 14.3. The molecule has 1 aliphatic heterocycles. The minimum absolute atomic E-state index is 0.0402. The Balaban J connectivity index is 1.98. The van der Waals surface area contributed by atoms with Crippen LogP contribution >= 0.6 is 11.6 Å². The fourth-order valence-electron chi connectivity index (χ4n) is 2.92. The first kappa shape index (κ1) is 17.1. The predicted octanol–water partition coefficient (Wildman–Crippen LogP) is 2.87. The Morgan fingerprint density at radius 3 is 3.05 bits per heavy atom. The summed E-state index contributed by atoms with van der Waals surface area (Å²) in [7, 11) is 1.95. The molecule has 1 saturated heterocycles. The molecule has 1 fully saturated rings. The van der Waals surface area contributed by atoms with Crippen LogP contribution in [0.4, 0.5) is 0 Å². The Labute approximate surface area is 137 Å². The Bertz CT molecular complexity index is 519. The lowest BCUT2D eigenvalue weighted by molar-refractivity contribution is -0.139. The maximum absolute atomic E-state index is 12.6. The summed E-state index contributed by atoms with van der Waals surface area (Å²) < 4.78 is 5.80. The summed E-state index contributed by atoms with van der Waals surface area (Å²) in [6.45, 7) is 6.33. The van der Waals surface area contributed by atoms with Gasteiger partial charge in [0.15, 0.2) is 6.10 Å². The molecule has 1 amide bonds. The van der Waals surface area contributed by atoms with E-state index < -0.39 is 6.10 Å². The molecule has 122 valence electrons. The summed E-state index contributed by atoms with van der Waals surface area (Å²) in [5.41, 5.74) is 1.06. The van der Waals surface area contributed by atoms with Crippen molar-refractivity contribution < 1.29 is 9.53 Å². The van der Waals surface area contributed by atoms with Crippen LogP contribution in [0.5, 0.6) is 5.75 Å². The van der Waals surface area contributed by atoms with Gasteiger partial charge in [-0.25, -0.2) is 0 Å². The van der Waals surface area contributed by atoms with Gasteiger partial charge in [0.05, 0.1) is 5.02 Å². The Morgan fingerprint density at radius 2 is 2.32 bits per heavy atom. The van der Waals surface area contributed by atoms with Crippen LogP contribution in [0.1, 0.15) is 25.3 Å². The number of benzene rings is 1. The van der Waals surface area contributed by atoms with Crippen LogP contribution < -0.4 is 10.1 Å². The molecule has 0 radical (unpaired) electrons. The van der Waals surface area contributed by atoms with Crippen molar-refractivity contribution in [1.82, 2.24) is 10.2 Å². The largest absolute Gasteiger partial charge is 0.479 e. The Hall–Kier alpha value is -1.26. The van der Waals surface area contributed by atoms with Gasteiger partial charge in [-0.05, 0) is 63.9 Å². The minimum Gasteiger partial charge on any atom is -0.479 e. The van der Waals surface area contributed by atoms with E-state index in [-0.39, 0.29) is 5.91 Å². The van der Waals surface area contributed by atoms with E-state index >= 15 is 0 Å². The van der Waals surface area contributed by atoms with E-state index in [9.17, 15) is 4.79 Å². The summed E-state index contributed by atoms with van der Waals surface area (Å²) >= 11 is 6.14. The van der Waals surface area contributed by atoms with Crippen molar-refractivity contribution in [3.8, 4) is 5.75 Å². The molecule has 1 aliphatic rings. The highest BCUT2D eigenvalue weighted by molar-refractivity contribution is 6.32. The molecular formula is C17H25ClN2O2. The summed E-state index contributed by atoms with van der Waals surface area (Å²) in [6.07, 6.45) is 1.70. The summed E-state index contributed by atoms with van der Waals surface area (Å²) in [5.74, 6) is 1.14. The lowest BCUT2D eigenvalue weighted by Gasteiger charge is -2.34. The normalized spacial score (nSPS) is 19.8. The number of nitrogens with one attached hydrogen (secondary N) is 1. The number of carbonyl (C=O) groups excluding carboxylic acids is 1. The number of nitrogens with zero attached hydrogens (tertiary/aromatic N) is 1. The van der Waals surface area contributed by atoms with Crippen molar-refractivity contribution in [2.24, 2.45) is 5.92 Å².